The third kappa shape index (κ3) is 2.75. The fraction of sp³-hybridized carbons (Fsp3) is 0.846. The van der Waals surface area contributed by atoms with Crippen molar-refractivity contribution in [2.24, 2.45) is 5.41 Å². The van der Waals surface area contributed by atoms with Gasteiger partial charge in [0, 0.05) is 5.54 Å². The summed E-state index contributed by atoms with van der Waals surface area (Å²) in [6.45, 7) is 6.04. The number of carbonyl (C=O) groups is 1. The van der Waals surface area contributed by atoms with E-state index in [1.54, 1.807) is 0 Å². The van der Waals surface area contributed by atoms with Gasteiger partial charge in [0.1, 0.15) is 5.41 Å². The van der Waals surface area contributed by atoms with Gasteiger partial charge in [0.15, 0.2) is 0 Å². The Balaban J connectivity index is 2.74. The summed E-state index contributed by atoms with van der Waals surface area (Å²) in [5.41, 5.74) is -0.969. The summed E-state index contributed by atoms with van der Waals surface area (Å²) in [6.07, 6.45) is 5.44. The van der Waals surface area contributed by atoms with Crippen LogP contribution < -0.4 is 5.32 Å². The van der Waals surface area contributed by atoms with Crippen molar-refractivity contribution in [2.75, 3.05) is 0 Å². The van der Waals surface area contributed by atoms with Crippen molar-refractivity contribution in [3.05, 3.63) is 0 Å². The average molecular weight is 222 g/mol. The minimum Gasteiger partial charge on any atom is -0.350 e. The largest absolute Gasteiger partial charge is 0.350 e. The first-order valence-electron chi connectivity index (χ1n) is 6.20. The van der Waals surface area contributed by atoms with Crippen molar-refractivity contribution in [2.45, 2.75) is 64.8 Å². The molecule has 0 atom stereocenters. The quantitative estimate of drug-likeness (QED) is 0.798. The number of amides is 1. The van der Waals surface area contributed by atoms with E-state index in [4.69, 9.17) is 0 Å². The van der Waals surface area contributed by atoms with Crippen LogP contribution in [0.3, 0.4) is 0 Å². The van der Waals surface area contributed by atoms with Crippen LogP contribution in [0.5, 0.6) is 0 Å². The molecule has 3 heteroatoms. The van der Waals surface area contributed by atoms with Crippen LogP contribution in [0.15, 0.2) is 0 Å². The third-order valence-electron chi connectivity index (χ3n) is 3.69. The predicted molar refractivity (Wildman–Crippen MR) is 63.6 cm³/mol. The Hall–Kier alpha value is -1.04. The van der Waals surface area contributed by atoms with Gasteiger partial charge in [-0.25, -0.2) is 0 Å². The van der Waals surface area contributed by atoms with E-state index >= 15 is 0 Å². The van der Waals surface area contributed by atoms with Crippen LogP contribution in [0, 0.1) is 16.7 Å². The average Bonchev–Trinajstić information content (AvgIpc) is 2.29. The molecule has 16 heavy (non-hydrogen) atoms. The summed E-state index contributed by atoms with van der Waals surface area (Å²) in [5.74, 6) is -0.0680. The highest BCUT2D eigenvalue weighted by molar-refractivity contribution is 5.86. The number of nitriles is 1. The van der Waals surface area contributed by atoms with Crippen LogP contribution in [0.2, 0.25) is 0 Å². The topological polar surface area (TPSA) is 52.9 Å². The molecule has 0 saturated heterocycles. The fourth-order valence-electron chi connectivity index (χ4n) is 2.06. The van der Waals surface area contributed by atoms with Crippen LogP contribution in [0.4, 0.5) is 0 Å². The zero-order chi connectivity index (χ0) is 12.2. The van der Waals surface area contributed by atoms with Gasteiger partial charge in [-0.05, 0) is 33.1 Å². The zero-order valence-corrected chi connectivity index (χ0v) is 10.6. The Bertz CT molecular complexity index is 296. The molecular formula is C13H22N2O. The van der Waals surface area contributed by atoms with Crippen LogP contribution >= 0.6 is 0 Å². The van der Waals surface area contributed by atoms with Crippen molar-refractivity contribution in [3.63, 3.8) is 0 Å². The van der Waals surface area contributed by atoms with Gasteiger partial charge in [-0.2, -0.15) is 5.26 Å². The first kappa shape index (κ1) is 13.0. The van der Waals surface area contributed by atoms with Crippen LogP contribution in [0.1, 0.15) is 59.3 Å². The van der Waals surface area contributed by atoms with E-state index < -0.39 is 5.41 Å². The molecule has 0 aliphatic heterocycles. The minimum absolute atomic E-state index is 0.0680. The molecule has 0 heterocycles. The summed E-state index contributed by atoms with van der Waals surface area (Å²) in [7, 11) is 0. The molecule has 1 fully saturated rings. The normalized spacial score (nSPS) is 19.9. The van der Waals surface area contributed by atoms with Gasteiger partial charge in [0.25, 0.3) is 0 Å². The maximum atomic E-state index is 12.2. The van der Waals surface area contributed by atoms with E-state index in [0.29, 0.717) is 0 Å². The third-order valence-corrected chi connectivity index (χ3v) is 3.69. The van der Waals surface area contributed by atoms with Crippen molar-refractivity contribution in [1.82, 2.24) is 5.32 Å². The second-order valence-corrected chi connectivity index (χ2v) is 5.45. The molecule has 1 rings (SSSR count). The Kier molecular flexibility index (Phi) is 3.96. The molecule has 1 saturated carbocycles. The molecule has 90 valence electrons. The smallest absolute Gasteiger partial charge is 0.240 e. The first-order chi connectivity index (χ1) is 7.46. The molecule has 1 aliphatic rings. The van der Waals surface area contributed by atoms with Crippen molar-refractivity contribution < 1.29 is 4.79 Å². The molecule has 3 nitrogen and oxygen atoms in total. The molecule has 1 N–H and O–H groups in total. The SMILES string of the molecule is CCC(C)(C)NC(=O)C1(C#N)CCCCC1. The van der Waals surface area contributed by atoms with Gasteiger partial charge >= 0.3 is 0 Å². The van der Waals surface area contributed by atoms with Gasteiger partial charge in [-0.15, -0.1) is 0 Å². The van der Waals surface area contributed by atoms with E-state index in [-0.39, 0.29) is 11.4 Å². The molecule has 0 bridgehead atoms. The van der Waals surface area contributed by atoms with Gasteiger partial charge in [-0.3, -0.25) is 4.79 Å². The van der Waals surface area contributed by atoms with E-state index in [0.717, 1.165) is 38.5 Å². The Labute approximate surface area is 98.2 Å². The van der Waals surface area contributed by atoms with Crippen molar-refractivity contribution in [1.29, 1.82) is 5.26 Å². The van der Waals surface area contributed by atoms with Gasteiger partial charge in [-0.1, -0.05) is 26.2 Å². The molecule has 0 spiro atoms. The fourth-order valence-corrected chi connectivity index (χ4v) is 2.06. The highest BCUT2D eigenvalue weighted by Gasteiger charge is 2.41. The van der Waals surface area contributed by atoms with E-state index in [9.17, 15) is 10.1 Å². The molecule has 0 aromatic carbocycles. The maximum absolute atomic E-state index is 12.2. The molecule has 0 aromatic heterocycles. The van der Waals surface area contributed by atoms with Gasteiger partial charge < -0.3 is 5.32 Å². The molecule has 0 radical (unpaired) electrons. The number of hydrogen-bond donors (Lipinski definition) is 1. The lowest BCUT2D eigenvalue weighted by Gasteiger charge is -2.34. The number of hydrogen-bond acceptors (Lipinski definition) is 2. The highest BCUT2D eigenvalue weighted by Crippen LogP contribution is 2.36. The Morgan fingerprint density at radius 2 is 1.94 bits per heavy atom. The molecule has 1 amide bonds. The van der Waals surface area contributed by atoms with Crippen LogP contribution in [-0.4, -0.2) is 11.4 Å². The van der Waals surface area contributed by atoms with E-state index in [2.05, 4.69) is 11.4 Å². The minimum atomic E-state index is -0.759. The molecule has 0 unspecified atom stereocenters. The van der Waals surface area contributed by atoms with Crippen LogP contribution in [0.25, 0.3) is 0 Å². The lowest BCUT2D eigenvalue weighted by atomic mass is 9.74. The van der Waals surface area contributed by atoms with E-state index in [1.165, 1.54) is 0 Å². The number of rotatable bonds is 3. The molecular weight excluding hydrogens is 200 g/mol. The summed E-state index contributed by atoms with van der Waals surface area (Å²) in [5, 5.41) is 12.3. The first-order valence-corrected chi connectivity index (χ1v) is 6.20. The summed E-state index contributed by atoms with van der Waals surface area (Å²) in [6, 6.07) is 2.25. The second kappa shape index (κ2) is 4.86. The number of nitrogens with zero attached hydrogens (tertiary/aromatic N) is 1. The maximum Gasteiger partial charge on any atom is 0.240 e. The van der Waals surface area contributed by atoms with Gasteiger partial charge in [0.05, 0.1) is 6.07 Å². The van der Waals surface area contributed by atoms with Gasteiger partial charge in [0.2, 0.25) is 5.91 Å². The summed E-state index contributed by atoms with van der Waals surface area (Å²) in [4.78, 5) is 12.2. The van der Waals surface area contributed by atoms with Crippen LogP contribution in [-0.2, 0) is 4.79 Å². The summed E-state index contributed by atoms with van der Waals surface area (Å²) >= 11 is 0. The van der Waals surface area contributed by atoms with Crippen molar-refractivity contribution in [3.8, 4) is 6.07 Å². The van der Waals surface area contributed by atoms with Crippen molar-refractivity contribution >= 4 is 5.91 Å². The summed E-state index contributed by atoms with van der Waals surface area (Å²) < 4.78 is 0. The molecule has 0 aromatic rings. The molecule has 1 aliphatic carbocycles. The zero-order valence-electron chi connectivity index (χ0n) is 10.6. The lowest BCUT2D eigenvalue weighted by Crippen LogP contribution is -2.50. The highest BCUT2D eigenvalue weighted by atomic mass is 16.2. The Morgan fingerprint density at radius 1 is 1.38 bits per heavy atom. The number of carbonyl (C=O) groups excluding carboxylic acids is 1. The predicted octanol–water partition coefficient (Wildman–Crippen LogP) is 2.77. The van der Waals surface area contributed by atoms with E-state index in [1.807, 2.05) is 20.8 Å². The standard InChI is InChI=1S/C13H22N2O/c1-4-12(2,3)15-11(16)13(10-14)8-6-5-7-9-13/h4-9H2,1-3H3,(H,15,16). The number of nitrogens with one attached hydrogen (secondary N) is 1. The Morgan fingerprint density at radius 3 is 2.38 bits per heavy atom. The monoisotopic (exact) mass is 222 g/mol. The second-order valence-electron chi connectivity index (χ2n) is 5.45. The lowest BCUT2D eigenvalue weighted by molar-refractivity contribution is -0.131.